The van der Waals surface area contributed by atoms with Crippen molar-refractivity contribution in [2.75, 3.05) is 32.8 Å². The second-order valence-electron chi connectivity index (χ2n) is 12.5. The van der Waals surface area contributed by atoms with Crippen LogP contribution in [0.4, 0.5) is 0 Å². The van der Waals surface area contributed by atoms with Crippen LogP contribution in [0.2, 0.25) is 0 Å². The molecule has 1 aliphatic heterocycles. The van der Waals surface area contributed by atoms with E-state index < -0.39 is 97.2 Å². The number of carboxylic acid groups (broad SMARTS) is 1. The van der Waals surface area contributed by atoms with Crippen molar-refractivity contribution in [1.82, 2.24) is 36.8 Å². The number of nitrogens with zero attached hydrogens (tertiary/aromatic N) is 1. The molecule has 0 radical (unpaired) electrons. The minimum Gasteiger partial charge on any atom is -0.480 e. The molecule has 0 aliphatic carbocycles. The molecule has 278 valence electrons. The number of nitrogens with one attached hydrogen (secondary N) is 7. The van der Waals surface area contributed by atoms with Crippen LogP contribution in [-0.4, -0.2) is 125 Å². The number of guanidine groups is 1. The number of aliphatic hydroxyl groups excluding tert-OH is 1. The van der Waals surface area contributed by atoms with E-state index in [1.54, 1.807) is 13.8 Å². The fraction of sp³-hybridized carbons (Fsp3) is 0.733. The number of amides is 6. The molecule has 13 N–H and O–H groups in total. The van der Waals surface area contributed by atoms with Gasteiger partial charge in [0.1, 0.15) is 30.2 Å². The van der Waals surface area contributed by atoms with Crippen LogP contribution in [0.1, 0.15) is 66.2 Å². The van der Waals surface area contributed by atoms with Gasteiger partial charge in [0.2, 0.25) is 35.4 Å². The fourth-order valence-electron chi connectivity index (χ4n) is 5.05. The predicted molar refractivity (Wildman–Crippen MR) is 177 cm³/mol. The SMILES string of the molecule is CC[C@H](C)[C@H](NC(=O)CNC(=O)[C@H](CC(C)C)NC(=O)[C@@H]1CCCN1C(=O)CNC(=O)[C@@H](N)CO)C(=O)N[C@@H](CCCNC(=N)N)C(=O)O. The molecule has 0 spiro atoms. The Balaban J connectivity index is 2.85. The predicted octanol–water partition coefficient (Wildman–Crippen LogP) is -3.58. The lowest BCUT2D eigenvalue weighted by Gasteiger charge is -2.27. The van der Waals surface area contributed by atoms with Crippen molar-refractivity contribution < 1.29 is 43.8 Å². The molecule has 19 heteroatoms. The van der Waals surface area contributed by atoms with E-state index in [9.17, 15) is 38.7 Å². The van der Waals surface area contributed by atoms with Gasteiger partial charge in [0, 0.05) is 13.1 Å². The summed E-state index contributed by atoms with van der Waals surface area (Å²) in [7, 11) is 0. The molecule has 1 aliphatic rings. The Bertz CT molecular complexity index is 1180. The van der Waals surface area contributed by atoms with E-state index in [1.807, 2.05) is 13.8 Å². The first-order chi connectivity index (χ1) is 23.0. The molecule has 1 saturated heterocycles. The minimum absolute atomic E-state index is 0.0453. The van der Waals surface area contributed by atoms with Gasteiger partial charge in [0.05, 0.1) is 19.7 Å². The quantitative estimate of drug-likeness (QED) is 0.0315. The lowest BCUT2D eigenvalue weighted by molar-refractivity contribution is -0.142. The summed E-state index contributed by atoms with van der Waals surface area (Å²) in [4.78, 5) is 90.1. The summed E-state index contributed by atoms with van der Waals surface area (Å²) < 4.78 is 0. The standard InChI is InChI=1S/C30H54N10O9/c1-5-17(4)24(28(47)37-19(29(48)49)8-6-10-34-30(32)33)39-22(42)13-35-26(45)20(12-16(2)3)38-27(46)21-9-7-11-40(21)23(43)14-36-25(44)18(31)15-41/h16-21,24,41H,5-15,31H2,1-4H3,(H,35,45)(H,36,44)(H,37,47)(H,38,46)(H,39,42)(H,48,49)(H4,32,33,34)/t17-,18-,19-,20-,21-,24-/m0/s1. The van der Waals surface area contributed by atoms with Gasteiger partial charge in [-0.3, -0.25) is 34.2 Å². The number of hydrogen-bond donors (Lipinski definition) is 11. The third-order valence-electron chi connectivity index (χ3n) is 8.00. The number of carbonyl (C=O) groups excluding carboxylic acids is 6. The lowest BCUT2D eigenvalue weighted by Crippen LogP contribution is -2.57. The largest absolute Gasteiger partial charge is 0.480 e. The van der Waals surface area contributed by atoms with E-state index in [4.69, 9.17) is 22.0 Å². The zero-order valence-electron chi connectivity index (χ0n) is 28.7. The van der Waals surface area contributed by atoms with Crippen molar-refractivity contribution in [2.24, 2.45) is 23.3 Å². The van der Waals surface area contributed by atoms with Crippen LogP contribution in [0.25, 0.3) is 0 Å². The van der Waals surface area contributed by atoms with E-state index >= 15 is 0 Å². The van der Waals surface area contributed by atoms with Gasteiger partial charge in [-0.1, -0.05) is 34.1 Å². The maximum atomic E-state index is 13.3. The van der Waals surface area contributed by atoms with E-state index in [2.05, 4.69) is 31.9 Å². The highest BCUT2D eigenvalue weighted by atomic mass is 16.4. The molecular weight excluding hydrogens is 644 g/mol. The zero-order valence-corrected chi connectivity index (χ0v) is 28.7. The van der Waals surface area contributed by atoms with Crippen LogP contribution in [0, 0.1) is 17.2 Å². The Morgan fingerprint density at radius 2 is 1.57 bits per heavy atom. The van der Waals surface area contributed by atoms with Crippen LogP contribution in [0.3, 0.4) is 0 Å². The van der Waals surface area contributed by atoms with Gasteiger partial charge in [-0.15, -0.1) is 0 Å². The molecular formula is C30H54N10O9. The maximum absolute atomic E-state index is 13.3. The number of carbonyl (C=O) groups is 7. The molecule has 6 atom stereocenters. The van der Waals surface area contributed by atoms with E-state index in [0.29, 0.717) is 25.7 Å². The topological polar surface area (TPSA) is 311 Å². The minimum atomic E-state index is -1.27. The van der Waals surface area contributed by atoms with Gasteiger partial charge in [-0.2, -0.15) is 0 Å². The Morgan fingerprint density at radius 1 is 0.918 bits per heavy atom. The summed E-state index contributed by atoms with van der Waals surface area (Å²) in [5, 5.41) is 40.8. The number of likely N-dealkylation sites (tertiary alicyclic amines) is 1. The molecule has 0 saturated carbocycles. The summed E-state index contributed by atoms with van der Waals surface area (Å²) in [6.45, 7) is 6.11. The summed E-state index contributed by atoms with van der Waals surface area (Å²) in [5.41, 5.74) is 10.7. The van der Waals surface area contributed by atoms with Crippen molar-refractivity contribution in [1.29, 1.82) is 5.41 Å². The van der Waals surface area contributed by atoms with Gasteiger partial charge < -0.3 is 58.5 Å². The number of carboxylic acids is 1. The second-order valence-corrected chi connectivity index (χ2v) is 12.5. The molecule has 49 heavy (non-hydrogen) atoms. The number of aliphatic hydroxyl groups is 1. The van der Waals surface area contributed by atoms with Crippen LogP contribution in [0.5, 0.6) is 0 Å². The highest BCUT2D eigenvalue weighted by Gasteiger charge is 2.36. The fourth-order valence-corrected chi connectivity index (χ4v) is 5.05. The summed E-state index contributed by atoms with van der Waals surface area (Å²) in [5.74, 6) is -5.88. The van der Waals surface area contributed by atoms with Crippen molar-refractivity contribution in [3.8, 4) is 0 Å². The third-order valence-corrected chi connectivity index (χ3v) is 8.00. The van der Waals surface area contributed by atoms with Crippen LogP contribution in [-0.2, 0) is 33.6 Å². The van der Waals surface area contributed by atoms with E-state index in [-0.39, 0.29) is 37.8 Å². The molecule has 6 amide bonds. The van der Waals surface area contributed by atoms with Crippen molar-refractivity contribution >= 4 is 47.4 Å². The highest BCUT2D eigenvalue weighted by Crippen LogP contribution is 2.18. The highest BCUT2D eigenvalue weighted by molar-refractivity contribution is 5.95. The molecule has 0 aromatic rings. The summed E-state index contributed by atoms with van der Waals surface area (Å²) in [6, 6.07) is -5.49. The molecule has 0 bridgehead atoms. The Morgan fingerprint density at radius 3 is 2.14 bits per heavy atom. The van der Waals surface area contributed by atoms with Gasteiger partial charge in [-0.25, -0.2) is 4.79 Å². The average molecular weight is 699 g/mol. The van der Waals surface area contributed by atoms with Crippen molar-refractivity contribution in [2.45, 2.75) is 96.4 Å². The first-order valence-electron chi connectivity index (χ1n) is 16.4. The molecule has 0 unspecified atom stereocenters. The number of nitrogens with two attached hydrogens (primary N) is 2. The van der Waals surface area contributed by atoms with Gasteiger partial charge in [-0.05, 0) is 43.9 Å². The summed E-state index contributed by atoms with van der Waals surface area (Å²) >= 11 is 0. The van der Waals surface area contributed by atoms with E-state index in [0.717, 1.165) is 0 Å². The number of hydrogen-bond acceptors (Lipinski definition) is 10. The normalized spacial score (nSPS) is 17.1. The van der Waals surface area contributed by atoms with Gasteiger partial charge >= 0.3 is 5.97 Å². The molecule has 0 aromatic carbocycles. The van der Waals surface area contributed by atoms with Crippen LogP contribution < -0.4 is 43.4 Å². The van der Waals surface area contributed by atoms with Crippen LogP contribution in [0.15, 0.2) is 0 Å². The van der Waals surface area contributed by atoms with Crippen molar-refractivity contribution in [3.05, 3.63) is 0 Å². The van der Waals surface area contributed by atoms with Gasteiger partial charge in [0.15, 0.2) is 5.96 Å². The van der Waals surface area contributed by atoms with Crippen LogP contribution >= 0.6 is 0 Å². The van der Waals surface area contributed by atoms with Crippen molar-refractivity contribution in [3.63, 3.8) is 0 Å². The average Bonchev–Trinajstić information content (AvgIpc) is 3.55. The maximum Gasteiger partial charge on any atom is 0.326 e. The third kappa shape index (κ3) is 15.1. The smallest absolute Gasteiger partial charge is 0.326 e. The Hall–Kier alpha value is -4.52. The molecule has 1 rings (SSSR count). The zero-order chi connectivity index (χ0) is 37.3. The lowest BCUT2D eigenvalue weighted by atomic mass is 9.97. The van der Waals surface area contributed by atoms with E-state index in [1.165, 1.54) is 4.90 Å². The number of rotatable bonds is 21. The summed E-state index contributed by atoms with van der Waals surface area (Å²) in [6.07, 6.45) is 1.87. The van der Waals surface area contributed by atoms with Gasteiger partial charge in [0.25, 0.3) is 0 Å². The molecule has 1 fully saturated rings. The monoisotopic (exact) mass is 698 g/mol. The Labute approximate surface area is 285 Å². The molecule has 1 heterocycles. The first kappa shape index (κ1) is 42.5. The molecule has 0 aromatic heterocycles. The second kappa shape index (κ2) is 21.5. The molecule has 19 nitrogen and oxygen atoms in total. The first-order valence-corrected chi connectivity index (χ1v) is 16.4. The number of aliphatic carboxylic acids is 1. The Kier molecular flexibility index (Phi) is 18.6.